The van der Waals surface area contributed by atoms with Crippen LogP contribution in [0.25, 0.3) is 5.32 Å². The summed E-state index contributed by atoms with van der Waals surface area (Å²) in [5.41, 5.74) is 3.96. The Kier molecular flexibility index (Phi) is 3.44. The fourth-order valence-electron chi connectivity index (χ4n) is 1.69. The number of aliphatic hydroxyl groups excluding tert-OH is 2. The SMILES string of the molecule is C=C1C=C(CO)C=C(C2=[N+]=CC(=C)C(CO)=C2)[N-]1. The van der Waals surface area contributed by atoms with Gasteiger partial charge in [-0.15, -0.1) is 12.3 Å². The maximum Gasteiger partial charge on any atom is 0.313 e. The van der Waals surface area contributed by atoms with E-state index in [4.69, 9.17) is 5.11 Å². The van der Waals surface area contributed by atoms with Gasteiger partial charge in [0.15, 0.2) is 0 Å². The highest BCUT2D eigenvalue weighted by Gasteiger charge is 2.17. The molecule has 0 aromatic carbocycles. The lowest BCUT2D eigenvalue weighted by Gasteiger charge is -2.27. The van der Waals surface area contributed by atoms with Crippen molar-refractivity contribution in [3.63, 3.8) is 0 Å². The zero-order chi connectivity index (χ0) is 13.1. The summed E-state index contributed by atoms with van der Waals surface area (Å²) in [6.07, 6.45) is 6.80. The first-order chi connectivity index (χ1) is 8.63. The lowest BCUT2D eigenvalue weighted by molar-refractivity contribution is 0.334. The molecule has 0 bridgehead atoms. The van der Waals surface area contributed by atoms with E-state index >= 15 is 0 Å². The first-order valence-corrected chi connectivity index (χ1v) is 5.50. The average molecular weight is 242 g/mol. The van der Waals surface area contributed by atoms with Crippen LogP contribution in [0, 0.1) is 0 Å². The molecular weight excluding hydrogens is 228 g/mol. The summed E-state index contributed by atoms with van der Waals surface area (Å²) >= 11 is 0. The van der Waals surface area contributed by atoms with Crippen LogP contribution in [0.3, 0.4) is 0 Å². The summed E-state index contributed by atoms with van der Waals surface area (Å²) in [5, 5.41) is 22.6. The number of hydrogen-bond acceptors (Lipinski definition) is 2. The maximum absolute atomic E-state index is 9.20. The predicted molar refractivity (Wildman–Crippen MR) is 73.3 cm³/mol. The summed E-state index contributed by atoms with van der Waals surface area (Å²) in [4.78, 5) is 0. The highest BCUT2D eigenvalue weighted by atomic mass is 16.3. The van der Waals surface area contributed by atoms with E-state index in [9.17, 15) is 5.11 Å². The highest BCUT2D eigenvalue weighted by Crippen LogP contribution is 2.25. The molecule has 0 atom stereocenters. The summed E-state index contributed by atoms with van der Waals surface area (Å²) in [7, 11) is 0. The van der Waals surface area contributed by atoms with Crippen molar-refractivity contribution < 1.29 is 10.2 Å². The molecule has 0 aromatic rings. The Morgan fingerprint density at radius 1 is 1.11 bits per heavy atom. The van der Waals surface area contributed by atoms with Gasteiger partial charge in [-0.2, -0.15) is 0 Å². The van der Waals surface area contributed by atoms with E-state index < -0.39 is 0 Å². The molecule has 92 valence electrons. The van der Waals surface area contributed by atoms with Crippen LogP contribution in [0.1, 0.15) is 0 Å². The van der Waals surface area contributed by atoms with E-state index in [1.165, 1.54) is 0 Å². The smallest absolute Gasteiger partial charge is 0.313 e. The van der Waals surface area contributed by atoms with Crippen LogP contribution in [-0.4, -0.2) is 35.4 Å². The molecule has 2 aliphatic rings. The molecule has 2 N–H and O–H groups in total. The number of nitrogens with zero attached hydrogens (tertiary/aromatic N) is 2. The number of hydrogen-bond donors (Lipinski definition) is 2. The van der Waals surface area contributed by atoms with Gasteiger partial charge < -0.3 is 15.5 Å². The minimum absolute atomic E-state index is 0.0711. The van der Waals surface area contributed by atoms with Gasteiger partial charge in [-0.25, -0.2) is 0 Å². The fraction of sp³-hybridized carbons (Fsp3) is 0.143. The van der Waals surface area contributed by atoms with E-state index in [2.05, 4.69) is 23.1 Å². The molecule has 0 unspecified atom stereocenters. The van der Waals surface area contributed by atoms with Crippen LogP contribution in [0.4, 0.5) is 0 Å². The highest BCUT2D eigenvalue weighted by molar-refractivity contribution is 6.15. The number of rotatable bonds is 3. The number of aliphatic hydroxyl groups is 2. The van der Waals surface area contributed by atoms with Gasteiger partial charge in [-0.05, 0) is 16.8 Å². The van der Waals surface area contributed by atoms with Crippen LogP contribution in [0.5, 0.6) is 0 Å². The first-order valence-electron chi connectivity index (χ1n) is 5.50. The Hall–Kier alpha value is -2.13. The number of allylic oxidation sites excluding steroid dienone is 2. The Balaban J connectivity index is 2.39. The van der Waals surface area contributed by atoms with E-state index in [0.29, 0.717) is 28.3 Å². The summed E-state index contributed by atoms with van der Waals surface area (Å²) < 4.78 is 4.23. The van der Waals surface area contributed by atoms with E-state index in [1.807, 2.05) is 0 Å². The summed E-state index contributed by atoms with van der Waals surface area (Å²) in [6.45, 7) is 7.38. The standard InChI is InChI=1S/C14H14N2O2/c1-9-6-15-13(5-12(9)8-18)14-4-11(7-17)3-10(2)16-14/h3-6,17-18H,1-2,7-8H2. The van der Waals surface area contributed by atoms with Crippen molar-refractivity contribution in [3.8, 4) is 0 Å². The minimum Gasteiger partial charge on any atom is -0.652 e. The average Bonchev–Trinajstić information content (AvgIpc) is 2.38. The Morgan fingerprint density at radius 3 is 2.56 bits per heavy atom. The molecule has 0 radical (unpaired) electrons. The summed E-state index contributed by atoms with van der Waals surface area (Å²) in [6, 6.07) is 0. The molecule has 2 heterocycles. The van der Waals surface area contributed by atoms with E-state index in [0.717, 1.165) is 5.57 Å². The normalized spacial score (nSPS) is 18.8. The Labute approximate surface area is 105 Å². The van der Waals surface area contributed by atoms with Crippen molar-refractivity contribution >= 4 is 11.9 Å². The molecule has 2 rings (SSSR count). The minimum atomic E-state index is -0.0920. The second kappa shape index (κ2) is 5.02. The molecule has 0 saturated heterocycles. The fourth-order valence-corrected chi connectivity index (χ4v) is 1.69. The summed E-state index contributed by atoms with van der Waals surface area (Å²) in [5.74, 6) is 0. The predicted octanol–water partition coefficient (Wildman–Crippen LogP) is 0.758. The van der Waals surface area contributed by atoms with E-state index in [-0.39, 0.29) is 13.2 Å². The second-order valence-electron chi connectivity index (χ2n) is 4.01. The molecule has 0 spiro atoms. The molecular formula is C14H14N2O2. The van der Waals surface area contributed by atoms with Crippen molar-refractivity contribution in [2.24, 2.45) is 0 Å². The van der Waals surface area contributed by atoms with Crippen molar-refractivity contribution in [1.82, 2.24) is 4.67 Å². The largest absolute Gasteiger partial charge is 0.652 e. The van der Waals surface area contributed by atoms with Crippen LogP contribution in [-0.2, 0) is 0 Å². The molecule has 0 fully saturated rings. The first kappa shape index (κ1) is 12.3. The lowest BCUT2D eigenvalue weighted by Crippen LogP contribution is -2.14. The molecule has 4 heteroatoms. The van der Waals surface area contributed by atoms with Crippen molar-refractivity contribution in [2.75, 3.05) is 13.2 Å². The zero-order valence-electron chi connectivity index (χ0n) is 9.93. The molecule has 4 nitrogen and oxygen atoms in total. The molecule has 0 aromatic heterocycles. The van der Waals surface area contributed by atoms with Crippen LogP contribution in [0.2, 0.25) is 0 Å². The van der Waals surface area contributed by atoms with Gasteiger partial charge in [0.05, 0.1) is 18.8 Å². The van der Waals surface area contributed by atoms with Gasteiger partial charge >= 0.3 is 5.71 Å². The third-order valence-electron chi connectivity index (χ3n) is 2.64. The second-order valence-corrected chi connectivity index (χ2v) is 4.01. The monoisotopic (exact) mass is 242 g/mol. The van der Waals surface area contributed by atoms with Gasteiger partial charge in [0, 0.05) is 6.08 Å². The zero-order valence-corrected chi connectivity index (χ0v) is 9.93. The van der Waals surface area contributed by atoms with Crippen LogP contribution in [0.15, 0.2) is 59.5 Å². The quantitative estimate of drug-likeness (QED) is 0.717. The van der Waals surface area contributed by atoms with Gasteiger partial charge in [-0.1, -0.05) is 23.4 Å². The van der Waals surface area contributed by atoms with Gasteiger partial charge in [0.25, 0.3) is 6.21 Å². The molecule has 18 heavy (non-hydrogen) atoms. The van der Waals surface area contributed by atoms with Gasteiger partial charge in [-0.3, -0.25) is 0 Å². The third-order valence-corrected chi connectivity index (χ3v) is 2.64. The Morgan fingerprint density at radius 2 is 1.89 bits per heavy atom. The van der Waals surface area contributed by atoms with Crippen LogP contribution < -0.4 is 4.67 Å². The topological polar surface area (TPSA) is 68.7 Å². The van der Waals surface area contributed by atoms with Crippen LogP contribution >= 0.6 is 0 Å². The maximum atomic E-state index is 9.20. The molecule has 2 aliphatic heterocycles. The van der Waals surface area contributed by atoms with Gasteiger partial charge in [0.1, 0.15) is 0 Å². The molecule has 0 aliphatic carbocycles. The third kappa shape index (κ3) is 2.41. The van der Waals surface area contributed by atoms with Crippen molar-refractivity contribution in [3.05, 3.63) is 64.8 Å². The van der Waals surface area contributed by atoms with Gasteiger partial charge in [0.2, 0.25) is 0 Å². The lowest BCUT2D eigenvalue weighted by atomic mass is 10.0. The molecule has 0 amide bonds. The Bertz CT molecular complexity index is 571. The van der Waals surface area contributed by atoms with E-state index in [1.54, 1.807) is 24.4 Å². The van der Waals surface area contributed by atoms with Crippen molar-refractivity contribution in [1.29, 1.82) is 0 Å². The van der Waals surface area contributed by atoms with Crippen molar-refractivity contribution in [2.45, 2.75) is 0 Å². The molecule has 0 saturated carbocycles.